The second kappa shape index (κ2) is 4.00. The zero-order valence-corrected chi connectivity index (χ0v) is 9.36. The van der Waals surface area contributed by atoms with Crippen LogP contribution in [-0.4, -0.2) is 0 Å². The Balaban J connectivity index is 1.85. The van der Waals surface area contributed by atoms with E-state index in [4.69, 9.17) is 0 Å². The lowest BCUT2D eigenvalue weighted by Crippen LogP contribution is -2.22. The number of hydrogen-bond acceptors (Lipinski definition) is 0. The second-order valence-corrected chi connectivity index (χ2v) is 5.30. The van der Waals surface area contributed by atoms with Gasteiger partial charge < -0.3 is 0 Å². The summed E-state index contributed by atoms with van der Waals surface area (Å²) in [5.41, 5.74) is 1.61. The van der Waals surface area contributed by atoms with Crippen LogP contribution in [0.15, 0.2) is 30.3 Å². The molecule has 0 bridgehead atoms. The van der Waals surface area contributed by atoms with Gasteiger partial charge in [-0.15, -0.1) is 0 Å². The first-order valence-electron chi connectivity index (χ1n) is 6.50. The van der Waals surface area contributed by atoms with E-state index in [-0.39, 0.29) is 0 Å². The highest BCUT2D eigenvalue weighted by Gasteiger charge is 2.36. The maximum absolute atomic E-state index is 2.34. The molecule has 0 aromatic heterocycles. The minimum absolute atomic E-state index is 0.882. The van der Waals surface area contributed by atoms with Gasteiger partial charge in [-0.05, 0) is 36.2 Å². The van der Waals surface area contributed by atoms with Crippen molar-refractivity contribution in [1.29, 1.82) is 0 Å². The summed E-state index contributed by atoms with van der Waals surface area (Å²) in [6.45, 7) is 0. The van der Waals surface area contributed by atoms with Crippen LogP contribution in [-0.2, 0) is 0 Å². The Bertz CT molecular complexity index is 314. The standard InChI is InChI=1S/C15H20/c1-2-6-12(7-3-1)14-10-4-8-13-9-5-11-15(13)14/h1-3,6-7,13-15H,4-5,8-11H2/t13?,14-,15?/m0/s1. The molecule has 2 aliphatic rings. The summed E-state index contributed by atoms with van der Waals surface area (Å²) in [5.74, 6) is 2.96. The van der Waals surface area contributed by atoms with Gasteiger partial charge in [-0.3, -0.25) is 0 Å². The molecule has 0 aliphatic heterocycles. The van der Waals surface area contributed by atoms with Crippen molar-refractivity contribution < 1.29 is 0 Å². The predicted octanol–water partition coefficient (Wildman–Crippen LogP) is 4.37. The fourth-order valence-corrected chi connectivity index (χ4v) is 3.88. The molecule has 0 radical (unpaired) electrons. The van der Waals surface area contributed by atoms with Gasteiger partial charge in [0, 0.05) is 0 Å². The summed E-state index contributed by atoms with van der Waals surface area (Å²) in [6, 6.07) is 11.2. The first kappa shape index (κ1) is 9.45. The van der Waals surface area contributed by atoms with Crippen LogP contribution >= 0.6 is 0 Å². The Kier molecular flexibility index (Phi) is 2.52. The Hall–Kier alpha value is -0.780. The van der Waals surface area contributed by atoms with Crippen LogP contribution in [0.25, 0.3) is 0 Å². The molecule has 2 fully saturated rings. The van der Waals surface area contributed by atoms with Crippen LogP contribution < -0.4 is 0 Å². The summed E-state index contributed by atoms with van der Waals surface area (Å²) >= 11 is 0. The summed E-state index contributed by atoms with van der Waals surface area (Å²) in [4.78, 5) is 0. The lowest BCUT2D eigenvalue weighted by Gasteiger charge is -2.34. The third-order valence-electron chi connectivity index (χ3n) is 4.55. The SMILES string of the molecule is c1ccc([C@@H]2CCCC3CCCC32)cc1. The lowest BCUT2D eigenvalue weighted by molar-refractivity contribution is 0.238. The van der Waals surface area contributed by atoms with Crippen molar-refractivity contribution in [2.75, 3.05) is 0 Å². The smallest absolute Gasteiger partial charge is 0.0131 e. The highest BCUT2D eigenvalue weighted by molar-refractivity contribution is 5.21. The first-order valence-corrected chi connectivity index (χ1v) is 6.50. The monoisotopic (exact) mass is 200 g/mol. The molecular weight excluding hydrogens is 180 g/mol. The van der Waals surface area contributed by atoms with Crippen LogP contribution in [0.5, 0.6) is 0 Å². The topological polar surface area (TPSA) is 0 Å². The van der Waals surface area contributed by atoms with Gasteiger partial charge in [0.05, 0.1) is 0 Å². The molecule has 3 atom stereocenters. The van der Waals surface area contributed by atoms with E-state index in [1.165, 1.54) is 38.5 Å². The van der Waals surface area contributed by atoms with E-state index in [0.29, 0.717) is 0 Å². The Morgan fingerprint density at radius 2 is 1.53 bits per heavy atom. The molecule has 3 rings (SSSR count). The summed E-state index contributed by atoms with van der Waals surface area (Å²) < 4.78 is 0. The largest absolute Gasteiger partial charge is 0.0622 e. The molecule has 0 heterocycles. The minimum Gasteiger partial charge on any atom is -0.0622 e. The zero-order valence-electron chi connectivity index (χ0n) is 9.36. The van der Waals surface area contributed by atoms with Crippen LogP contribution in [0.4, 0.5) is 0 Å². The Labute approximate surface area is 92.7 Å². The zero-order chi connectivity index (χ0) is 10.1. The highest BCUT2D eigenvalue weighted by atomic mass is 14.4. The van der Waals surface area contributed by atoms with E-state index in [2.05, 4.69) is 30.3 Å². The van der Waals surface area contributed by atoms with Crippen molar-refractivity contribution in [2.45, 2.75) is 44.4 Å². The average Bonchev–Trinajstić information content (AvgIpc) is 2.78. The molecular formula is C15H20. The molecule has 0 N–H and O–H groups in total. The number of rotatable bonds is 1. The van der Waals surface area contributed by atoms with Gasteiger partial charge in [0.15, 0.2) is 0 Å². The summed E-state index contributed by atoms with van der Waals surface area (Å²) in [5, 5.41) is 0. The van der Waals surface area contributed by atoms with Crippen molar-refractivity contribution in [3.8, 4) is 0 Å². The minimum atomic E-state index is 0.882. The van der Waals surface area contributed by atoms with Crippen molar-refractivity contribution in [1.82, 2.24) is 0 Å². The van der Waals surface area contributed by atoms with E-state index in [1.54, 1.807) is 5.56 Å². The molecule has 80 valence electrons. The quantitative estimate of drug-likeness (QED) is 0.631. The molecule has 0 nitrogen and oxygen atoms in total. The van der Waals surface area contributed by atoms with Gasteiger partial charge in [-0.25, -0.2) is 0 Å². The predicted molar refractivity (Wildman–Crippen MR) is 63.9 cm³/mol. The molecule has 0 spiro atoms. The molecule has 1 aromatic carbocycles. The maximum atomic E-state index is 2.34. The van der Waals surface area contributed by atoms with E-state index < -0.39 is 0 Å². The van der Waals surface area contributed by atoms with E-state index in [0.717, 1.165) is 17.8 Å². The van der Waals surface area contributed by atoms with Crippen LogP contribution in [0, 0.1) is 11.8 Å². The average molecular weight is 200 g/mol. The lowest BCUT2D eigenvalue weighted by atomic mass is 9.71. The van der Waals surface area contributed by atoms with E-state index in [1.807, 2.05) is 0 Å². The van der Waals surface area contributed by atoms with Crippen molar-refractivity contribution in [2.24, 2.45) is 11.8 Å². The number of hydrogen-bond donors (Lipinski definition) is 0. The maximum Gasteiger partial charge on any atom is -0.0131 e. The molecule has 2 aliphatic carbocycles. The fourth-order valence-electron chi connectivity index (χ4n) is 3.88. The van der Waals surface area contributed by atoms with Gasteiger partial charge in [0.25, 0.3) is 0 Å². The number of fused-ring (bicyclic) bond motifs is 1. The van der Waals surface area contributed by atoms with Gasteiger partial charge in [0.2, 0.25) is 0 Å². The van der Waals surface area contributed by atoms with Crippen LogP contribution in [0.2, 0.25) is 0 Å². The first-order chi connectivity index (χ1) is 7.45. The normalized spacial score (nSPS) is 35.1. The third kappa shape index (κ3) is 1.71. The Morgan fingerprint density at radius 1 is 0.800 bits per heavy atom. The van der Waals surface area contributed by atoms with Crippen molar-refractivity contribution in [3.05, 3.63) is 35.9 Å². The molecule has 0 heteroatoms. The highest BCUT2D eigenvalue weighted by Crippen LogP contribution is 2.49. The summed E-state index contributed by atoms with van der Waals surface area (Å²) in [6.07, 6.45) is 8.89. The molecule has 1 aromatic rings. The fraction of sp³-hybridized carbons (Fsp3) is 0.600. The second-order valence-electron chi connectivity index (χ2n) is 5.30. The molecule has 15 heavy (non-hydrogen) atoms. The number of benzene rings is 1. The Morgan fingerprint density at radius 3 is 2.33 bits per heavy atom. The van der Waals surface area contributed by atoms with Crippen molar-refractivity contribution in [3.63, 3.8) is 0 Å². The molecule has 2 unspecified atom stereocenters. The van der Waals surface area contributed by atoms with Gasteiger partial charge in [-0.1, -0.05) is 56.0 Å². The van der Waals surface area contributed by atoms with E-state index in [9.17, 15) is 0 Å². The van der Waals surface area contributed by atoms with Gasteiger partial charge in [0.1, 0.15) is 0 Å². The molecule has 0 saturated heterocycles. The van der Waals surface area contributed by atoms with Gasteiger partial charge in [-0.2, -0.15) is 0 Å². The molecule has 0 amide bonds. The van der Waals surface area contributed by atoms with E-state index >= 15 is 0 Å². The molecule has 2 saturated carbocycles. The van der Waals surface area contributed by atoms with Gasteiger partial charge >= 0.3 is 0 Å². The third-order valence-corrected chi connectivity index (χ3v) is 4.55. The van der Waals surface area contributed by atoms with Crippen molar-refractivity contribution >= 4 is 0 Å². The van der Waals surface area contributed by atoms with Crippen LogP contribution in [0.3, 0.4) is 0 Å². The van der Waals surface area contributed by atoms with Crippen LogP contribution in [0.1, 0.15) is 50.0 Å². The summed E-state index contributed by atoms with van der Waals surface area (Å²) in [7, 11) is 0.